The molecule has 236 valence electrons. The SMILES string of the molecule is CC[C@@H](C(=O)NC1CCCC1)N(Cc1ccccc1C)C(=O)CN(c1ccc(OC)c(OC)c1)S(=O)(=O)c1ccc(C)cc1. The Bertz CT molecular complexity index is 1550. The second-order valence-corrected chi connectivity index (χ2v) is 13.1. The summed E-state index contributed by atoms with van der Waals surface area (Å²) >= 11 is 0. The molecular weight excluding hydrogens is 578 g/mol. The molecule has 1 saturated carbocycles. The molecule has 1 fully saturated rings. The summed E-state index contributed by atoms with van der Waals surface area (Å²) in [6.45, 7) is 5.33. The third kappa shape index (κ3) is 7.53. The lowest BCUT2D eigenvalue weighted by Crippen LogP contribution is -2.53. The summed E-state index contributed by atoms with van der Waals surface area (Å²) in [6, 6.07) is 18.2. The highest BCUT2D eigenvalue weighted by molar-refractivity contribution is 7.92. The van der Waals surface area contributed by atoms with Crippen molar-refractivity contribution in [3.05, 3.63) is 83.4 Å². The zero-order chi connectivity index (χ0) is 31.9. The topological polar surface area (TPSA) is 105 Å². The van der Waals surface area contributed by atoms with Crippen LogP contribution in [0.4, 0.5) is 5.69 Å². The van der Waals surface area contributed by atoms with E-state index in [1.807, 2.05) is 45.0 Å². The Morgan fingerprint density at radius 2 is 1.59 bits per heavy atom. The van der Waals surface area contributed by atoms with Crippen LogP contribution in [0.2, 0.25) is 0 Å². The highest BCUT2D eigenvalue weighted by Gasteiger charge is 2.35. The summed E-state index contributed by atoms with van der Waals surface area (Å²) in [7, 11) is -1.25. The van der Waals surface area contributed by atoms with Crippen molar-refractivity contribution in [3.63, 3.8) is 0 Å². The number of anilines is 1. The Kier molecular flexibility index (Phi) is 10.9. The molecule has 44 heavy (non-hydrogen) atoms. The molecular formula is C34H43N3O6S. The van der Waals surface area contributed by atoms with E-state index < -0.39 is 28.5 Å². The first-order chi connectivity index (χ1) is 21.1. The summed E-state index contributed by atoms with van der Waals surface area (Å²) in [4.78, 5) is 29.6. The van der Waals surface area contributed by atoms with E-state index in [2.05, 4.69) is 5.32 Å². The maximum absolute atomic E-state index is 14.4. The van der Waals surface area contributed by atoms with E-state index in [1.54, 1.807) is 24.3 Å². The molecule has 1 aliphatic carbocycles. The lowest BCUT2D eigenvalue weighted by Gasteiger charge is -2.34. The summed E-state index contributed by atoms with van der Waals surface area (Å²) in [6.07, 6.45) is 4.32. The zero-order valence-electron chi connectivity index (χ0n) is 26.2. The number of ether oxygens (including phenoxy) is 2. The number of hydrogen-bond donors (Lipinski definition) is 1. The van der Waals surface area contributed by atoms with Crippen LogP contribution in [-0.2, 0) is 26.2 Å². The standard InChI is InChI=1S/C34H43N3O6S/c1-6-30(34(39)35-27-13-9-10-14-27)36(22-26-12-8-7-11-25(26)3)33(38)23-37(28-17-20-31(42-4)32(21-28)43-5)44(40,41)29-18-15-24(2)16-19-29/h7-8,11-12,15-21,27,30H,6,9-10,13-14,22-23H2,1-5H3,(H,35,39)/t30-/m0/s1. The van der Waals surface area contributed by atoms with Crippen LogP contribution in [0.15, 0.2) is 71.6 Å². The molecule has 0 aliphatic heterocycles. The minimum absolute atomic E-state index is 0.0437. The van der Waals surface area contributed by atoms with Crippen LogP contribution in [0, 0.1) is 13.8 Å². The molecule has 1 aliphatic rings. The van der Waals surface area contributed by atoms with E-state index >= 15 is 0 Å². The Balaban J connectivity index is 1.76. The fraction of sp³-hybridized carbons (Fsp3) is 0.412. The average molecular weight is 622 g/mol. The van der Waals surface area contributed by atoms with Gasteiger partial charge in [-0.15, -0.1) is 0 Å². The quantitative estimate of drug-likeness (QED) is 0.275. The Morgan fingerprint density at radius 3 is 2.20 bits per heavy atom. The van der Waals surface area contributed by atoms with E-state index in [-0.39, 0.29) is 29.1 Å². The first-order valence-corrected chi connectivity index (χ1v) is 16.5. The number of nitrogens with one attached hydrogen (secondary N) is 1. The molecule has 0 spiro atoms. The number of hydrogen-bond acceptors (Lipinski definition) is 6. The first-order valence-electron chi connectivity index (χ1n) is 15.0. The summed E-state index contributed by atoms with van der Waals surface area (Å²) < 4.78 is 40.3. The fourth-order valence-electron chi connectivity index (χ4n) is 5.60. The molecule has 3 aromatic carbocycles. The number of sulfonamides is 1. The zero-order valence-corrected chi connectivity index (χ0v) is 27.0. The maximum atomic E-state index is 14.4. The Hall–Kier alpha value is -4.05. The van der Waals surface area contributed by atoms with Gasteiger partial charge in [0, 0.05) is 18.7 Å². The number of rotatable bonds is 13. The van der Waals surface area contributed by atoms with Crippen LogP contribution < -0.4 is 19.1 Å². The van der Waals surface area contributed by atoms with Crippen LogP contribution in [0.25, 0.3) is 0 Å². The molecule has 1 N–H and O–H groups in total. The molecule has 4 rings (SSSR count). The predicted molar refractivity (Wildman–Crippen MR) is 171 cm³/mol. The van der Waals surface area contributed by atoms with Gasteiger partial charge in [0.1, 0.15) is 12.6 Å². The van der Waals surface area contributed by atoms with Gasteiger partial charge in [0.15, 0.2) is 11.5 Å². The second kappa shape index (κ2) is 14.6. The van der Waals surface area contributed by atoms with Crippen molar-refractivity contribution in [1.29, 1.82) is 0 Å². The molecule has 0 bridgehead atoms. The van der Waals surface area contributed by atoms with Gasteiger partial charge in [-0.25, -0.2) is 8.42 Å². The second-order valence-electron chi connectivity index (χ2n) is 11.2. The van der Waals surface area contributed by atoms with Crippen molar-refractivity contribution in [2.45, 2.75) is 76.4 Å². The molecule has 2 amide bonds. The lowest BCUT2D eigenvalue weighted by molar-refractivity contribution is -0.140. The van der Waals surface area contributed by atoms with Gasteiger partial charge in [0.05, 0.1) is 24.8 Å². The highest BCUT2D eigenvalue weighted by atomic mass is 32.2. The van der Waals surface area contributed by atoms with Crippen molar-refractivity contribution < 1.29 is 27.5 Å². The largest absolute Gasteiger partial charge is 0.493 e. The van der Waals surface area contributed by atoms with Crippen molar-refractivity contribution in [3.8, 4) is 11.5 Å². The van der Waals surface area contributed by atoms with E-state index in [0.29, 0.717) is 17.9 Å². The predicted octanol–water partition coefficient (Wildman–Crippen LogP) is 5.38. The molecule has 0 heterocycles. The Labute approximate surface area is 261 Å². The molecule has 0 aromatic heterocycles. The smallest absolute Gasteiger partial charge is 0.264 e. The number of amides is 2. The van der Waals surface area contributed by atoms with Gasteiger partial charge < -0.3 is 19.7 Å². The minimum Gasteiger partial charge on any atom is -0.493 e. The monoisotopic (exact) mass is 621 g/mol. The molecule has 0 saturated heterocycles. The maximum Gasteiger partial charge on any atom is 0.264 e. The average Bonchev–Trinajstić information content (AvgIpc) is 3.53. The van der Waals surface area contributed by atoms with E-state index in [1.165, 1.54) is 37.3 Å². The van der Waals surface area contributed by atoms with Gasteiger partial charge >= 0.3 is 0 Å². The minimum atomic E-state index is -4.21. The molecule has 0 radical (unpaired) electrons. The molecule has 0 unspecified atom stereocenters. The van der Waals surface area contributed by atoms with E-state index in [0.717, 1.165) is 46.7 Å². The van der Waals surface area contributed by atoms with Gasteiger partial charge in [0.25, 0.3) is 10.0 Å². The van der Waals surface area contributed by atoms with E-state index in [9.17, 15) is 18.0 Å². The van der Waals surface area contributed by atoms with Gasteiger partial charge in [-0.1, -0.05) is 61.7 Å². The number of aryl methyl sites for hydroxylation is 2. The first kappa shape index (κ1) is 32.9. The van der Waals surface area contributed by atoms with Crippen molar-refractivity contribution in [1.82, 2.24) is 10.2 Å². The van der Waals surface area contributed by atoms with Crippen LogP contribution in [0.3, 0.4) is 0 Å². The van der Waals surface area contributed by atoms with E-state index in [4.69, 9.17) is 9.47 Å². The third-order valence-corrected chi connectivity index (χ3v) is 10.0. The van der Waals surface area contributed by atoms with Gasteiger partial charge in [-0.2, -0.15) is 0 Å². The van der Waals surface area contributed by atoms with Gasteiger partial charge in [0.2, 0.25) is 11.8 Å². The van der Waals surface area contributed by atoms with Crippen molar-refractivity contribution in [2.75, 3.05) is 25.1 Å². The normalized spacial score (nSPS) is 14.1. The van der Waals surface area contributed by atoms with Crippen LogP contribution in [0.1, 0.15) is 55.7 Å². The van der Waals surface area contributed by atoms with Crippen LogP contribution >= 0.6 is 0 Å². The number of methoxy groups -OCH3 is 2. The van der Waals surface area contributed by atoms with Crippen molar-refractivity contribution in [2.24, 2.45) is 0 Å². The molecule has 10 heteroatoms. The Morgan fingerprint density at radius 1 is 0.932 bits per heavy atom. The summed E-state index contributed by atoms with van der Waals surface area (Å²) in [5.41, 5.74) is 2.99. The summed E-state index contributed by atoms with van der Waals surface area (Å²) in [5, 5.41) is 3.14. The fourth-order valence-corrected chi connectivity index (χ4v) is 7.01. The number of nitrogens with zero attached hydrogens (tertiary/aromatic N) is 2. The lowest BCUT2D eigenvalue weighted by atomic mass is 10.1. The van der Waals surface area contributed by atoms with Crippen molar-refractivity contribution >= 4 is 27.5 Å². The van der Waals surface area contributed by atoms with Crippen LogP contribution in [0.5, 0.6) is 11.5 Å². The highest BCUT2D eigenvalue weighted by Crippen LogP contribution is 2.34. The number of benzene rings is 3. The summed E-state index contributed by atoms with van der Waals surface area (Å²) in [5.74, 6) is 0.0271. The van der Waals surface area contributed by atoms with Gasteiger partial charge in [-0.3, -0.25) is 13.9 Å². The number of carbonyl (C=O) groups excluding carboxylic acids is 2. The van der Waals surface area contributed by atoms with Gasteiger partial charge in [-0.05, 0) is 68.5 Å². The molecule has 1 atom stereocenters. The molecule has 9 nitrogen and oxygen atoms in total. The van der Waals surface area contributed by atoms with Crippen LogP contribution in [-0.4, -0.2) is 58.0 Å². The third-order valence-electron chi connectivity index (χ3n) is 8.23. The number of carbonyl (C=O) groups is 2. The molecule has 3 aromatic rings.